The first kappa shape index (κ1) is 12.5. The van der Waals surface area contributed by atoms with Crippen LogP contribution in [0.15, 0.2) is 18.2 Å². The molecule has 5 heteroatoms. The van der Waals surface area contributed by atoms with E-state index in [0.717, 1.165) is 24.4 Å². The molecule has 0 bridgehead atoms. The number of hydrogen-bond donors (Lipinski definition) is 1. The van der Waals surface area contributed by atoms with Crippen molar-refractivity contribution in [2.45, 2.75) is 26.8 Å². The van der Waals surface area contributed by atoms with E-state index in [0.29, 0.717) is 23.6 Å². The Kier molecular flexibility index (Phi) is 3.32. The highest BCUT2D eigenvalue weighted by Crippen LogP contribution is 2.27. The molecule has 0 atom stereocenters. The van der Waals surface area contributed by atoms with E-state index >= 15 is 0 Å². The smallest absolute Gasteiger partial charge is 0.159 e. The summed E-state index contributed by atoms with van der Waals surface area (Å²) in [5.74, 6) is -0.436. The van der Waals surface area contributed by atoms with Gasteiger partial charge in [-0.2, -0.15) is 0 Å². The van der Waals surface area contributed by atoms with Crippen molar-refractivity contribution in [3.63, 3.8) is 0 Å². The Labute approximate surface area is 104 Å². The maximum absolute atomic E-state index is 13.2. The molecule has 2 N–H and O–H groups in total. The third-order valence-corrected chi connectivity index (χ3v) is 2.91. The second kappa shape index (κ2) is 4.76. The van der Waals surface area contributed by atoms with Crippen molar-refractivity contribution in [2.75, 3.05) is 5.73 Å². The van der Waals surface area contributed by atoms with Crippen molar-refractivity contribution in [3.8, 4) is 11.3 Å². The molecule has 0 fully saturated rings. The van der Waals surface area contributed by atoms with Gasteiger partial charge >= 0.3 is 0 Å². The van der Waals surface area contributed by atoms with E-state index in [9.17, 15) is 8.78 Å². The average Bonchev–Trinajstić information content (AvgIpc) is 2.69. The van der Waals surface area contributed by atoms with Gasteiger partial charge in [-0.1, -0.05) is 6.92 Å². The molecule has 2 rings (SSSR count). The van der Waals surface area contributed by atoms with Crippen LogP contribution in [-0.4, -0.2) is 9.55 Å². The Hall–Kier alpha value is -1.91. The number of benzene rings is 1. The van der Waals surface area contributed by atoms with Crippen LogP contribution in [0.3, 0.4) is 0 Å². The van der Waals surface area contributed by atoms with E-state index in [4.69, 9.17) is 5.73 Å². The van der Waals surface area contributed by atoms with Crippen molar-refractivity contribution in [2.24, 2.45) is 0 Å². The summed E-state index contributed by atoms with van der Waals surface area (Å²) in [6.07, 6.45) is 0.738. The largest absolute Gasteiger partial charge is 0.383 e. The Bertz CT molecular complexity index is 576. The van der Waals surface area contributed by atoms with E-state index in [-0.39, 0.29) is 0 Å². The number of halogens is 2. The van der Waals surface area contributed by atoms with Gasteiger partial charge in [-0.3, -0.25) is 0 Å². The maximum atomic E-state index is 13.2. The minimum Gasteiger partial charge on any atom is -0.383 e. The van der Waals surface area contributed by atoms with Crippen molar-refractivity contribution in [1.82, 2.24) is 9.55 Å². The van der Waals surface area contributed by atoms with E-state index in [1.165, 1.54) is 6.07 Å². The minimum atomic E-state index is -0.893. The molecule has 1 aromatic carbocycles. The van der Waals surface area contributed by atoms with Gasteiger partial charge in [0, 0.05) is 18.5 Å². The van der Waals surface area contributed by atoms with Gasteiger partial charge in [0.15, 0.2) is 11.6 Å². The summed E-state index contributed by atoms with van der Waals surface area (Å²) in [7, 11) is 0. The van der Waals surface area contributed by atoms with Crippen LogP contribution < -0.4 is 5.73 Å². The summed E-state index contributed by atoms with van der Waals surface area (Å²) in [5, 5.41) is 0. The second-order valence-corrected chi connectivity index (χ2v) is 3.99. The summed E-state index contributed by atoms with van der Waals surface area (Å²) in [4.78, 5) is 4.39. The number of nitrogens with zero attached hydrogens (tertiary/aromatic N) is 2. The van der Waals surface area contributed by atoms with Gasteiger partial charge in [-0.05, 0) is 25.1 Å². The molecular formula is C13H15F2N3. The van der Waals surface area contributed by atoms with E-state index in [1.807, 2.05) is 18.4 Å². The lowest BCUT2D eigenvalue weighted by Crippen LogP contribution is -2.04. The van der Waals surface area contributed by atoms with Gasteiger partial charge in [0.1, 0.15) is 17.3 Å². The monoisotopic (exact) mass is 251 g/mol. The first-order valence-corrected chi connectivity index (χ1v) is 5.88. The van der Waals surface area contributed by atoms with Gasteiger partial charge < -0.3 is 10.3 Å². The number of nitrogens with two attached hydrogens (primary N) is 1. The second-order valence-electron chi connectivity index (χ2n) is 3.99. The zero-order chi connectivity index (χ0) is 13.3. The van der Waals surface area contributed by atoms with Crippen LogP contribution in [0.1, 0.15) is 19.7 Å². The molecule has 1 heterocycles. The van der Waals surface area contributed by atoms with Gasteiger partial charge in [0.05, 0.1) is 0 Å². The first-order valence-electron chi connectivity index (χ1n) is 5.88. The molecular weight excluding hydrogens is 236 g/mol. The first-order chi connectivity index (χ1) is 8.58. The van der Waals surface area contributed by atoms with Gasteiger partial charge in [-0.25, -0.2) is 13.8 Å². The number of imidazole rings is 1. The molecule has 2 aromatic rings. The highest BCUT2D eigenvalue weighted by Gasteiger charge is 2.15. The molecule has 0 unspecified atom stereocenters. The molecule has 0 aliphatic heterocycles. The SMILES string of the molecule is CCc1nc(-c2ccc(F)c(F)c2)c(N)n1CC. The lowest BCUT2D eigenvalue weighted by atomic mass is 10.1. The fraction of sp³-hybridized carbons (Fsp3) is 0.308. The van der Waals surface area contributed by atoms with Crippen LogP contribution in [-0.2, 0) is 13.0 Å². The molecule has 18 heavy (non-hydrogen) atoms. The van der Waals surface area contributed by atoms with Gasteiger partial charge in [0.25, 0.3) is 0 Å². The predicted molar refractivity (Wildman–Crippen MR) is 67.0 cm³/mol. The fourth-order valence-corrected chi connectivity index (χ4v) is 1.99. The zero-order valence-corrected chi connectivity index (χ0v) is 10.4. The summed E-state index contributed by atoms with van der Waals surface area (Å²) in [6.45, 7) is 4.64. The molecule has 0 spiro atoms. The van der Waals surface area contributed by atoms with Crippen LogP contribution in [0.5, 0.6) is 0 Å². The Morgan fingerprint density at radius 3 is 2.44 bits per heavy atom. The minimum absolute atomic E-state index is 0.486. The molecule has 1 aromatic heterocycles. The molecule has 96 valence electrons. The molecule has 0 aliphatic rings. The van der Waals surface area contributed by atoms with Crippen LogP contribution in [0.4, 0.5) is 14.6 Å². The molecule has 0 saturated carbocycles. The number of hydrogen-bond acceptors (Lipinski definition) is 2. The molecule has 0 saturated heterocycles. The Balaban J connectivity index is 2.56. The van der Waals surface area contributed by atoms with Crippen molar-refractivity contribution in [3.05, 3.63) is 35.7 Å². The highest BCUT2D eigenvalue weighted by molar-refractivity contribution is 5.71. The van der Waals surface area contributed by atoms with Crippen molar-refractivity contribution >= 4 is 5.82 Å². The third kappa shape index (κ3) is 1.96. The summed E-state index contributed by atoms with van der Waals surface area (Å²) < 4.78 is 28.0. The van der Waals surface area contributed by atoms with Crippen LogP contribution in [0.2, 0.25) is 0 Å². The number of aryl methyl sites for hydroxylation is 1. The molecule has 0 radical (unpaired) electrons. The zero-order valence-electron chi connectivity index (χ0n) is 10.4. The number of aromatic nitrogens is 2. The highest BCUT2D eigenvalue weighted by atomic mass is 19.2. The fourth-order valence-electron chi connectivity index (χ4n) is 1.99. The standard InChI is InChI=1S/C13H15F2N3/c1-3-11-17-12(13(16)18(11)4-2)8-5-6-9(14)10(15)7-8/h5-7H,3-4,16H2,1-2H3. The van der Waals surface area contributed by atoms with Crippen LogP contribution >= 0.6 is 0 Å². The topological polar surface area (TPSA) is 43.8 Å². The summed E-state index contributed by atoms with van der Waals surface area (Å²) in [5.41, 5.74) is 7.00. The normalized spacial score (nSPS) is 10.9. The number of anilines is 1. The Morgan fingerprint density at radius 2 is 1.94 bits per heavy atom. The predicted octanol–water partition coefficient (Wildman–Crippen LogP) is 2.99. The average molecular weight is 251 g/mol. The van der Waals surface area contributed by atoms with E-state index < -0.39 is 11.6 Å². The van der Waals surface area contributed by atoms with Crippen LogP contribution in [0.25, 0.3) is 11.3 Å². The lowest BCUT2D eigenvalue weighted by molar-refractivity contribution is 0.509. The van der Waals surface area contributed by atoms with E-state index in [1.54, 1.807) is 0 Å². The van der Waals surface area contributed by atoms with E-state index in [2.05, 4.69) is 4.98 Å². The lowest BCUT2D eigenvalue weighted by Gasteiger charge is -2.04. The number of nitrogen functional groups attached to an aromatic ring is 1. The van der Waals surface area contributed by atoms with Gasteiger partial charge in [0.2, 0.25) is 0 Å². The number of rotatable bonds is 3. The summed E-state index contributed by atoms with van der Waals surface area (Å²) in [6, 6.07) is 3.69. The summed E-state index contributed by atoms with van der Waals surface area (Å²) >= 11 is 0. The van der Waals surface area contributed by atoms with Crippen LogP contribution in [0, 0.1) is 11.6 Å². The van der Waals surface area contributed by atoms with Crippen molar-refractivity contribution < 1.29 is 8.78 Å². The Morgan fingerprint density at radius 1 is 1.22 bits per heavy atom. The molecule has 3 nitrogen and oxygen atoms in total. The quantitative estimate of drug-likeness (QED) is 0.911. The molecule has 0 amide bonds. The molecule has 0 aliphatic carbocycles. The van der Waals surface area contributed by atoms with Crippen molar-refractivity contribution in [1.29, 1.82) is 0 Å². The van der Waals surface area contributed by atoms with Gasteiger partial charge in [-0.15, -0.1) is 0 Å². The maximum Gasteiger partial charge on any atom is 0.159 e. The third-order valence-electron chi connectivity index (χ3n) is 2.91.